The van der Waals surface area contributed by atoms with Crippen molar-refractivity contribution in [1.29, 1.82) is 5.26 Å². The van der Waals surface area contributed by atoms with Crippen molar-refractivity contribution in [3.05, 3.63) is 29.3 Å². The van der Waals surface area contributed by atoms with Gasteiger partial charge in [0.05, 0.1) is 22.1 Å². The van der Waals surface area contributed by atoms with E-state index in [2.05, 4.69) is 10.0 Å². The van der Waals surface area contributed by atoms with Crippen molar-refractivity contribution in [3.8, 4) is 6.07 Å². The first-order valence-corrected chi connectivity index (χ1v) is 7.46. The van der Waals surface area contributed by atoms with Crippen molar-refractivity contribution in [2.24, 2.45) is 0 Å². The highest BCUT2D eigenvalue weighted by Gasteiger charge is 2.34. The molecule has 0 aliphatic carbocycles. The smallest absolute Gasteiger partial charge is 0.320 e. The number of nitrogens with zero attached hydrogens (tertiary/aromatic N) is 1. The maximum absolute atomic E-state index is 12.8. The topological polar surface area (TPSA) is 82.0 Å². The van der Waals surface area contributed by atoms with E-state index in [0.717, 1.165) is 12.1 Å². The van der Waals surface area contributed by atoms with Crippen LogP contribution in [0.5, 0.6) is 0 Å². The van der Waals surface area contributed by atoms with Crippen LogP contribution in [0.1, 0.15) is 17.5 Å². The monoisotopic (exact) mass is 321 g/mol. The zero-order chi connectivity index (χ0) is 16.1. The van der Waals surface area contributed by atoms with Gasteiger partial charge in [-0.1, -0.05) is 0 Å². The van der Waals surface area contributed by atoms with Gasteiger partial charge in [-0.15, -0.1) is 0 Å². The zero-order valence-corrected chi connectivity index (χ0v) is 12.0. The van der Waals surface area contributed by atoms with Crippen LogP contribution in [-0.4, -0.2) is 28.6 Å². The molecule has 0 unspecified atom stereocenters. The predicted octanol–water partition coefficient (Wildman–Crippen LogP) is 1.46. The van der Waals surface area contributed by atoms with Gasteiger partial charge in [-0.25, -0.2) is 13.1 Å². The van der Waals surface area contributed by atoms with E-state index < -0.39 is 32.2 Å². The number of nitriles is 1. The molecule has 9 heteroatoms. The van der Waals surface area contributed by atoms with Crippen molar-refractivity contribution in [1.82, 2.24) is 10.0 Å². The van der Waals surface area contributed by atoms with Gasteiger partial charge in [0.2, 0.25) is 10.0 Å². The third-order valence-electron chi connectivity index (χ3n) is 2.62. The number of sulfonamides is 1. The fraction of sp³-hybridized carbons (Fsp3) is 0.417. The van der Waals surface area contributed by atoms with Crippen molar-refractivity contribution < 1.29 is 21.6 Å². The second-order valence-corrected chi connectivity index (χ2v) is 5.94. The van der Waals surface area contributed by atoms with Crippen molar-refractivity contribution >= 4 is 10.0 Å². The van der Waals surface area contributed by atoms with Crippen LogP contribution in [0, 0.1) is 11.3 Å². The predicted molar refractivity (Wildman–Crippen MR) is 69.9 cm³/mol. The second kappa shape index (κ2) is 6.89. The first kappa shape index (κ1) is 17.4. The van der Waals surface area contributed by atoms with Gasteiger partial charge in [-0.05, 0) is 38.2 Å². The molecule has 2 N–H and O–H groups in total. The summed E-state index contributed by atoms with van der Waals surface area (Å²) in [6.45, 7) is 0.675. The minimum atomic E-state index is -4.79. The standard InChI is InChI=1S/C12H14F3N3O2S/c1-17-5-2-6-18-21(19,20)10-4-3-9(8-16)11(7-10)12(13,14)15/h3-4,7,17-18H,2,5-6H2,1H3. The van der Waals surface area contributed by atoms with E-state index in [4.69, 9.17) is 5.26 Å². The normalized spacial score (nSPS) is 12.1. The summed E-state index contributed by atoms with van der Waals surface area (Å²) in [7, 11) is -2.34. The Kier molecular flexibility index (Phi) is 5.71. The molecule has 116 valence electrons. The third-order valence-corrected chi connectivity index (χ3v) is 4.08. The lowest BCUT2D eigenvalue weighted by molar-refractivity contribution is -0.137. The van der Waals surface area contributed by atoms with E-state index in [-0.39, 0.29) is 6.54 Å². The minimum absolute atomic E-state index is 0.102. The molecule has 0 amide bonds. The summed E-state index contributed by atoms with van der Waals surface area (Å²) in [5.41, 5.74) is -1.88. The molecular weight excluding hydrogens is 307 g/mol. The van der Waals surface area contributed by atoms with Crippen LogP contribution in [0.3, 0.4) is 0 Å². The van der Waals surface area contributed by atoms with Crippen molar-refractivity contribution in [3.63, 3.8) is 0 Å². The van der Waals surface area contributed by atoms with E-state index in [1.165, 1.54) is 6.07 Å². The molecule has 0 radical (unpaired) electrons. The van der Waals surface area contributed by atoms with E-state index in [1.54, 1.807) is 7.05 Å². The molecule has 0 spiro atoms. The van der Waals surface area contributed by atoms with E-state index >= 15 is 0 Å². The molecule has 0 saturated carbocycles. The van der Waals surface area contributed by atoms with E-state index in [9.17, 15) is 21.6 Å². The largest absolute Gasteiger partial charge is 0.417 e. The van der Waals surface area contributed by atoms with Crippen LogP contribution in [0.15, 0.2) is 23.1 Å². The van der Waals surface area contributed by atoms with Crippen molar-refractivity contribution in [2.75, 3.05) is 20.1 Å². The lowest BCUT2D eigenvalue weighted by Gasteiger charge is -2.12. The van der Waals surface area contributed by atoms with Crippen molar-refractivity contribution in [2.45, 2.75) is 17.5 Å². The Hall–Kier alpha value is -1.63. The van der Waals surface area contributed by atoms with Gasteiger partial charge < -0.3 is 5.32 Å². The van der Waals surface area contributed by atoms with Gasteiger partial charge in [-0.2, -0.15) is 18.4 Å². The average Bonchev–Trinajstić information content (AvgIpc) is 2.42. The van der Waals surface area contributed by atoms with E-state index in [1.807, 2.05) is 0 Å². The van der Waals surface area contributed by atoms with Crippen LogP contribution in [0.2, 0.25) is 0 Å². The van der Waals surface area contributed by atoms with Gasteiger partial charge >= 0.3 is 6.18 Å². The minimum Gasteiger partial charge on any atom is -0.320 e. The maximum atomic E-state index is 12.8. The molecule has 0 aromatic heterocycles. The first-order chi connectivity index (χ1) is 9.72. The number of hydrogen-bond acceptors (Lipinski definition) is 4. The average molecular weight is 321 g/mol. The molecule has 5 nitrogen and oxygen atoms in total. The first-order valence-electron chi connectivity index (χ1n) is 5.98. The molecular formula is C12H14F3N3O2S. The van der Waals surface area contributed by atoms with Gasteiger partial charge in [0.25, 0.3) is 0 Å². The maximum Gasteiger partial charge on any atom is 0.417 e. The number of nitrogens with one attached hydrogen (secondary N) is 2. The SMILES string of the molecule is CNCCCNS(=O)(=O)c1ccc(C#N)c(C(F)(F)F)c1. The Balaban J connectivity index is 3.06. The van der Waals surface area contributed by atoms with Gasteiger partial charge in [0, 0.05) is 6.54 Å². The molecule has 1 rings (SSSR count). The van der Waals surface area contributed by atoms with Gasteiger partial charge in [-0.3, -0.25) is 0 Å². The van der Waals surface area contributed by atoms with Gasteiger partial charge in [0.1, 0.15) is 0 Å². The van der Waals surface area contributed by atoms with Crippen LogP contribution in [-0.2, 0) is 16.2 Å². The number of benzene rings is 1. The summed E-state index contributed by atoms with van der Waals surface area (Å²) in [6.07, 6.45) is -4.29. The Morgan fingerprint density at radius 3 is 2.48 bits per heavy atom. The molecule has 0 heterocycles. The molecule has 0 aliphatic rings. The Morgan fingerprint density at radius 1 is 1.29 bits per heavy atom. The molecule has 1 aromatic rings. The Morgan fingerprint density at radius 2 is 1.95 bits per heavy atom. The number of hydrogen-bond donors (Lipinski definition) is 2. The Labute approximate surface area is 120 Å². The highest BCUT2D eigenvalue weighted by atomic mass is 32.2. The lowest BCUT2D eigenvalue weighted by atomic mass is 10.1. The summed E-state index contributed by atoms with van der Waals surface area (Å²) < 4.78 is 64.3. The summed E-state index contributed by atoms with van der Waals surface area (Å²) >= 11 is 0. The highest BCUT2D eigenvalue weighted by molar-refractivity contribution is 7.89. The third kappa shape index (κ3) is 4.70. The van der Waals surface area contributed by atoms with Crippen LogP contribution >= 0.6 is 0 Å². The summed E-state index contributed by atoms with van der Waals surface area (Å²) in [5, 5.41) is 11.5. The number of halogens is 3. The fourth-order valence-corrected chi connectivity index (χ4v) is 2.68. The summed E-state index contributed by atoms with van der Waals surface area (Å²) in [5.74, 6) is 0. The fourth-order valence-electron chi connectivity index (χ4n) is 1.58. The number of rotatable bonds is 6. The molecule has 0 atom stereocenters. The van der Waals surface area contributed by atoms with E-state index in [0.29, 0.717) is 19.0 Å². The summed E-state index contributed by atoms with van der Waals surface area (Å²) in [6, 6.07) is 3.70. The zero-order valence-electron chi connectivity index (χ0n) is 11.2. The van der Waals surface area contributed by atoms with Gasteiger partial charge in [0.15, 0.2) is 0 Å². The molecule has 0 aliphatic heterocycles. The Bertz CT molecular complexity index is 636. The molecule has 0 fully saturated rings. The molecule has 0 saturated heterocycles. The highest BCUT2D eigenvalue weighted by Crippen LogP contribution is 2.33. The molecule has 1 aromatic carbocycles. The van der Waals surface area contributed by atoms with Crippen LogP contribution in [0.4, 0.5) is 13.2 Å². The molecule has 0 bridgehead atoms. The summed E-state index contributed by atoms with van der Waals surface area (Å²) in [4.78, 5) is -0.515. The second-order valence-electron chi connectivity index (χ2n) is 4.17. The van der Waals surface area contributed by atoms with Crippen LogP contribution < -0.4 is 10.0 Å². The quantitative estimate of drug-likeness (QED) is 0.777. The molecule has 21 heavy (non-hydrogen) atoms. The van der Waals surface area contributed by atoms with Crippen LogP contribution in [0.25, 0.3) is 0 Å². The lowest BCUT2D eigenvalue weighted by Crippen LogP contribution is -2.27. The number of alkyl halides is 3.